The summed E-state index contributed by atoms with van der Waals surface area (Å²) in [7, 11) is -3.42. The van der Waals surface area contributed by atoms with Gasteiger partial charge in [-0.3, -0.25) is 13.6 Å². The van der Waals surface area contributed by atoms with Gasteiger partial charge in [-0.1, -0.05) is 13.8 Å². The van der Waals surface area contributed by atoms with E-state index in [1.807, 2.05) is 41.5 Å². The molecule has 5 heteroatoms. The Kier molecular flexibility index (Phi) is 7.49. The molecule has 0 fully saturated rings. The molecule has 2 atom stereocenters. The topological polar surface area (TPSA) is 44.8 Å². The van der Waals surface area contributed by atoms with E-state index >= 15 is 0 Å². The van der Waals surface area contributed by atoms with E-state index in [9.17, 15) is 4.57 Å². The van der Waals surface area contributed by atoms with Crippen LogP contribution in [-0.4, -0.2) is 18.3 Å². The second kappa shape index (κ2) is 7.44. The molecule has 0 radical (unpaired) electrons. The van der Waals surface area contributed by atoms with Crippen molar-refractivity contribution in [3.05, 3.63) is 0 Å². The minimum absolute atomic E-state index is 0.131. The maximum absolute atomic E-state index is 12.3. The highest BCUT2D eigenvalue weighted by Gasteiger charge is 2.31. The van der Waals surface area contributed by atoms with Crippen molar-refractivity contribution < 1.29 is 18.1 Å². The first-order valence-corrected chi connectivity index (χ1v) is 7.44. The summed E-state index contributed by atoms with van der Waals surface area (Å²) in [6.45, 7) is 11.3. The van der Waals surface area contributed by atoms with Crippen molar-refractivity contribution in [3.8, 4) is 0 Å². The third kappa shape index (κ3) is 6.64. The lowest BCUT2D eigenvalue weighted by Gasteiger charge is -2.25. The fourth-order valence-electron chi connectivity index (χ4n) is 0.923. The fraction of sp³-hybridized carbons (Fsp3) is 1.00. The van der Waals surface area contributed by atoms with Gasteiger partial charge in [-0.05, 0) is 40.5 Å². The lowest BCUT2D eigenvalue weighted by molar-refractivity contribution is 0.0456. The van der Waals surface area contributed by atoms with Crippen molar-refractivity contribution in [1.29, 1.82) is 0 Å². The Morgan fingerprint density at radius 2 is 1.25 bits per heavy atom. The number of phosphoric ester groups is 1. The van der Waals surface area contributed by atoms with Crippen LogP contribution in [0, 0.1) is 0 Å². The van der Waals surface area contributed by atoms with E-state index in [0.29, 0.717) is 0 Å². The molecule has 16 heavy (non-hydrogen) atoms. The van der Waals surface area contributed by atoms with E-state index in [-0.39, 0.29) is 18.3 Å². The highest BCUT2D eigenvalue weighted by molar-refractivity contribution is 7.48. The van der Waals surface area contributed by atoms with Gasteiger partial charge in [-0.2, -0.15) is 0 Å². The van der Waals surface area contributed by atoms with Crippen LogP contribution in [-0.2, 0) is 18.1 Å². The van der Waals surface area contributed by atoms with Crippen molar-refractivity contribution in [2.45, 2.75) is 72.7 Å². The summed E-state index contributed by atoms with van der Waals surface area (Å²) in [4.78, 5) is 0. The summed E-state index contributed by atoms with van der Waals surface area (Å²) >= 11 is 0. The maximum atomic E-state index is 12.3. The zero-order valence-corrected chi connectivity index (χ0v) is 12.1. The Balaban J connectivity index is 4.54. The minimum atomic E-state index is -3.42. The van der Waals surface area contributed by atoms with Gasteiger partial charge in [-0.15, -0.1) is 0 Å². The molecule has 0 aliphatic carbocycles. The third-order valence-corrected chi connectivity index (χ3v) is 4.02. The number of rotatable bonds is 8. The lowest BCUT2D eigenvalue weighted by atomic mass is 10.3. The minimum Gasteiger partial charge on any atom is -0.284 e. The Hall–Kier alpha value is 0.110. The van der Waals surface area contributed by atoms with Crippen molar-refractivity contribution in [3.63, 3.8) is 0 Å². The molecule has 0 saturated carbocycles. The highest BCUT2D eigenvalue weighted by Crippen LogP contribution is 2.53. The standard InChI is InChI=1S/C11H25O4P/c1-7-10(5)14-16(12,13-9(3)4)15-11(6)8-2/h9-11H,7-8H2,1-6H3. The van der Waals surface area contributed by atoms with E-state index < -0.39 is 7.82 Å². The summed E-state index contributed by atoms with van der Waals surface area (Å²) in [6.07, 6.45) is 1.10. The van der Waals surface area contributed by atoms with Gasteiger partial charge in [-0.25, -0.2) is 4.57 Å². The monoisotopic (exact) mass is 252 g/mol. The van der Waals surface area contributed by atoms with E-state index in [0.717, 1.165) is 12.8 Å². The Morgan fingerprint density at radius 1 is 0.875 bits per heavy atom. The van der Waals surface area contributed by atoms with Crippen LogP contribution in [0.1, 0.15) is 54.4 Å². The zero-order chi connectivity index (χ0) is 12.8. The molecule has 0 saturated heterocycles. The highest BCUT2D eigenvalue weighted by atomic mass is 31.2. The predicted molar refractivity (Wildman–Crippen MR) is 65.5 cm³/mol. The maximum Gasteiger partial charge on any atom is 0.475 e. The third-order valence-electron chi connectivity index (χ3n) is 2.11. The van der Waals surface area contributed by atoms with Crippen molar-refractivity contribution in [2.24, 2.45) is 0 Å². The van der Waals surface area contributed by atoms with Gasteiger partial charge < -0.3 is 0 Å². The van der Waals surface area contributed by atoms with Crippen LogP contribution in [0.4, 0.5) is 0 Å². The SMILES string of the molecule is CCC(C)OP(=O)(OC(C)C)OC(C)CC. The second-order valence-electron chi connectivity index (χ2n) is 4.25. The first-order valence-electron chi connectivity index (χ1n) is 5.98. The molecule has 0 aromatic rings. The largest absolute Gasteiger partial charge is 0.475 e. The molecule has 2 unspecified atom stereocenters. The van der Waals surface area contributed by atoms with Crippen LogP contribution < -0.4 is 0 Å². The molecule has 0 spiro atoms. The molecule has 98 valence electrons. The van der Waals surface area contributed by atoms with E-state index in [2.05, 4.69) is 0 Å². The van der Waals surface area contributed by atoms with Crippen LogP contribution in [0.5, 0.6) is 0 Å². The quantitative estimate of drug-likeness (QED) is 0.609. The molecule has 0 aromatic heterocycles. The fourth-order valence-corrected chi connectivity index (χ4v) is 2.77. The van der Waals surface area contributed by atoms with Gasteiger partial charge in [0.25, 0.3) is 0 Å². The lowest BCUT2D eigenvalue weighted by Crippen LogP contribution is -2.15. The van der Waals surface area contributed by atoms with E-state index in [1.54, 1.807) is 0 Å². The Bertz CT molecular complexity index is 214. The van der Waals surface area contributed by atoms with E-state index in [1.165, 1.54) is 0 Å². The summed E-state index contributed by atoms with van der Waals surface area (Å²) in [5, 5.41) is 0. The van der Waals surface area contributed by atoms with Crippen LogP contribution in [0.15, 0.2) is 0 Å². The summed E-state index contributed by atoms with van der Waals surface area (Å²) < 4.78 is 28.4. The van der Waals surface area contributed by atoms with Crippen molar-refractivity contribution >= 4 is 7.82 Å². The number of hydrogen-bond acceptors (Lipinski definition) is 4. The smallest absolute Gasteiger partial charge is 0.284 e. The molecule has 0 heterocycles. The van der Waals surface area contributed by atoms with Crippen LogP contribution in [0.25, 0.3) is 0 Å². The second-order valence-corrected chi connectivity index (χ2v) is 5.78. The Morgan fingerprint density at radius 3 is 1.50 bits per heavy atom. The van der Waals surface area contributed by atoms with Gasteiger partial charge in [0.2, 0.25) is 0 Å². The molecule has 0 N–H and O–H groups in total. The molecule has 0 bridgehead atoms. The average molecular weight is 252 g/mol. The zero-order valence-electron chi connectivity index (χ0n) is 11.2. The molecular weight excluding hydrogens is 227 g/mol. The first-order chi connectivity index (χ1) is 7.33. The van der Waals surface area contributed by atoms with Crippen LogP contribution >= 0.6 is 7.82 Å². The van der Waals surface area contributed by atoms with Gasteiger partial charge in [0.1, 0.15) is 0 Å². The summed E-state index contributed by atoms with van der Waals surface area (Å²) in [5.41, 5.74) is 0. The van der Waals surface area contributed by atoms with E-state index in [4.69, 9.17) is 13.6 Å². The molecule has 0 rings (SSSR count). The number of phosphoric acid groups is 1. The van der Waals surface area contributed by atoms with Gasteiger partial charge in [0.15, 0.2) is 0 Å². The van der Waals surface area contributed by atoms with Crippen molar-refractivity contribution in [2.75, 3.05) is 0 Å². The van der Waals surface area contributed by atoms with Crippen LogP contribution in [0.2, 0.25) is 0 Å². The van der Waals surface area contributed by atoms with Crippen molar-refractivity contribution in [1.82, 2.24) is 0 Å². The average Bonchev–Trinajstić information content (AvgIpc) is 2.15. The molecule has 0 aliphatic rings. The molecule has 0 aliphatic heterocycles. The van der Waals surface area contributed by atoms with Gasteiger partial charge in [0, 0.05) is 0 Å². The Labute approximate surface area is 99.3 Å². The molecule has 0 amide bonds. The number of hydrogen-bond donors (Lipinski definition) is 0. The van der Waals surface area contributed by atoms with Crippen LogP contribution in [0.3, 0.4) is 0 Å². The predicted octanol–water partition coefficient (Wildman–Crippen LogP) is 4.15. The van der Waals surface area contributed by atoms with Gasteiger partial charge in [0.05, 0.1) is 18.3 Å². The first kappa shape index (κ1) is 16.1. The van der Waals surface area contributed by atoms with Gasteiger partial charge >= 0.3 is 7.82 Å². The normalized spacial score (nSPS) is 19.4. The summed E-state index contributed by atoms with van der Waals surface area (Å²) in [5.74, 6) is 0. The summed E-state index contributed by atoms with van der Waals surface area (Å²) in [6, 6.07) is 0. The molecular formula is C11H25O4P. The molecule has 4 nitrogen and oxygen atoms in total. The molecule has 0 aromatic carbocycles.